The van der Waals surface area contributed by atoms with Crippen LogP contribution < -0.4 is 5.32 Å². The van der Waals surface area contributed by atoms with Crippen molar-refractivity contribution < 1.29 is 14.0 Å². The molecule has 7 heteroatoms. The molecule has 3 heterocycles. The van der Waals surface area contributed by atoms with Crippen molar-refractivity contribution in [3.63, 3.8) is 0 Å². The highest BCUT2D eigenvalue weighted by molar-refractivity contribution is 9.10. The first-order valence-electron chi connectivity index (χ1n) is 8.11. The standard InChI is InChI=1S/C19H15BrN2O3S/c20-17-5-4-15(25-17)18(23)21-14-3-1-2-12(10-14)19(24)22-8-6-16-13(11-22)7-9-26-16/h1-5,7,9-10H,6,8,11H2,(H,21,23). The predicted molar refractivity (Wildman–Crippen MR) is 104 cm³/mol. The summed E-state index contributed by atoms with van der Waals surface area (Å²) in [6, 6.07) is 12.3. The highest BCUT2D eigenvalue weighted by Crippen LogP contribution is 2.25. The second-order valence-electron chi connectivity index (χ2n) is 5.98. The average molecular weight is 431 g/mol. The number of benzene rings is 1. The van der Waals surface area contributed by atoms with Crippen LogP contribution in [0.3, 0.4) is 0 Å². The van der Waals surface area contributed by atoms with Crippen molar-refractivity contribution in [3.8, 4) is 0 Å². The number of halogens is 1. The number of hydrogen-bond acceptors (Lipinski definition) is 4. The number of carbonyl (C=O) groups excluding carboxylic acids is 2. The molecular formula is C19H15BrN2O3S. The Morgan fingerprint density at radius 2 is 2.08 bits per heavy atom. The van der Waals surface area contributed by atoms with Gasteiger partial charge in [-0.05, 0) is 69.7 Å². The Hall–Kier alpha value is -2.38. The molecule has 0 radical (unpaired) electrons. The first kappa shape index (κ1) is 17.1. The Morgan fingerprint density at radius 3 is 2.88 bits per heavy atom. The summed E-state index contributed by atoms with van der Waals surface area (Å²) in [5.41, 5.74) is 2.34. The molecule has 5 nitrogen and oxygen atoms in total. The Bertz CT molecular complexity index is 979. The molecule has 0 saturated carbocycles. The third-order valence-corrected chi connectivity index (χ3v) is 5.71. The fourth-order valence-electron chi connectivity index (χ4n) is 2.96. The van der Waals surface area contributed by atoms with Gasteiger partial charge in [0.25, 0.3) is 11.8 Å². The topological polar surface area (TPSA) is 62.6 Å². The normalized spacial score (nSPS) is 13.3. The van der Waals surface area contributed by atoms with Crippen molar-refractivity contribution in [3.05, 3.63) is 74.3 Å². The molecule has 0 bridgehead atoms. The van der Waals surface area contributed by atoms with Gasteiger partial charge in [-0.3, -0.25) is 9.59 Å². The maximum atomic E-state index is 12.8. The Balaban J connectivity index is 1.49. The van der Waals surface area contributed by atoms with E-state index >= 15 is 0 Å². The number of nitrogens with zero attached hydrogens (tertiary/aromatic N) is 1. The lowest BCUT2D eigenvalue weighted by molar-refractivity contribution is 0.0735. The van der Waals surface area contributed by atoms with Crippen LogP contribution in [0, 0.1) is 0 Å². The van der Waals surface area contributed by atoms with Crippen molar-refractivity contribution in [2.24, 2.45) is 0 Å². The number of rotatable bonds is 3. The number of furan rings is 1. The van der Waals surface area contributed by atoms with Gasteiger partial charge in [-0.25, -0.2) is 0 Å². The van der Waals surface area contributed by atoms with Gasteiger partial charge in [0, 0.05) is 29.2 Å². The van der Waals surface area contributed by atoms with Crippen LogP contribution in [-0.4, -0.2) is 23.3 Å². The molecule has 0 saturated heterocycles. The minimum Gasteiger partial charge on any atom is -0.444 e. The Kier molecular flexibility index (Phi) is 4.65. The number of carbonyl (C=O) groups is 2. The van der Waals surface area contributed by atoms with Gasteiger partial charge in [-0.15, -0.1) is 11.3 Å². The molecule has 0 fully saturated rings. The molecule has 4 rings (SSSR count). The summed E-state index contributed by atoms with van der Waals surface area (Å²) in [7, 11) is 0. The fraction of sp³-hybridized carbons (Fsp3) is 0.158. The summed E-state index contributed by atoms with van der Waals surface area (Å²) < 4.78 is 5.74. The molecular weight excluding hydrogens is 416 g/mol. The lowest BCUT2D eigenvalue weighted by Gasteiger charge is -2.27. The van der Waals surface area contributed by atoms with Gasteiger partial charge < -0.3 is 14.6 Å². The van der Waals surface area contributed by atoms with Crippen LogP contribution in [0.4, 0.5) is 5.69 Å². The quantitative estimate of drug-likeness (QED) is 0.662. The number of amides is 2. The number of fused-ring (bicyclic) bond motifs is 1. The summed E-state index contributed by atoms with van der Waals surface area (Å²) in [5.74, 6) is -0.186. The largest absolute Gasteiger partial charge is 0.444 e. The van der Waals surface area contributed by atoms with Gasteiger partial charge in [-0.1, -0.05) is 6.07 Å². The van der Waals surface area contributed by atoms with E-state index in [1.54, 1.807) is 47.7 Å². The maximum absolute atomic E-state index is 12.8. The summed E-state index contributed by atoms with van der Waals surface area (Å²) >= 11 is 4.92. The van der Waals surface area contributed by atoms with Crippen LogP contribution in [0.5, 0.6) is 0 Å². The first-order valence-corrected chi connectivity index (χ1v) is 9.79. The van der Waals surface area contributed by atoms with Crippen LogP contribution in [0.15, 0.2) is 56.9 Å². The third kappa shape index (κ3) is 3.45. The maximum Gasteiger partial charge on any atom is 0.291 e. The summed E-state index contributed by atoms with van der Waals surface area (Å²) in [5, 5.41) is 4.83. The highest BCUT2D eigenvalue weighted by Gasteiger charge is 2.22. The zero-order valence-corrected chi connectivity index (χ0v) is 16.1. The van der Waals surface area contributed by atoms with Crippen molar-refractivity contribution >= 4 is 44.8 Å². The van der Waals surface area contributed by atoms with E-state index < -0.39 is 0 Å². The van der Waals surface area contributed by atoms with Gasteiger partial charge in [0.15, 0.2) is 10.4 Å². The molecule has 1 aliphatic heterocycles. The van der Waals surface area contributed by atoms with Crippen LogP contribution in [-0.2, 0) is 13.0 Å². The first-order chi connectivity index (χ1) is 12.6. The van der Waals surface area contributed by atoms with E-state index in [1.165, 1.54) is 10.4 Å². The van der Waals surface area contributed by atoms with Gasteiger partial charge in [0.05, 0.1) is 0 Å². The molecule has 0 aliphatic carbocycles. The third-order valence-electron chi connectivity index (χ3n) is 4.26. The van der Waals surface area contributed by atoms with Crippen LogP contribution in [0.25, 0.3) is 0 Å². The van der Waals surface area contributed by atoms with Crippen LogP contribution in [0.1, 0.15) is 31.4 Å². The highest BCUT2D eigenvalue weighted by atomic mass is 79.9. The molecule has 3 aromatic rings. The second kappa shape index (κ2) is 7.09. The summed E-state index contributed by atoms with van der Waals surface area (Å²) in [6.45, 7) is 1.35. The van der Waals surface area contributed by atoms with Gasteiger partial charge in [0.1, 0.15) is 0 Å². The van der Waals surface area contributed by atoms with E-state index in [9.17, 15) is 9.59 Å². The number of nitrogens with one attached hydrogen (secondary N) is 1. The lowest BCUT2D eigenvalue weighted by atomic mass is 10.1. The van der Waals surface area contributed by atoms with Crippen molar-refractivity contribution in [2.75, 3.05) is 11.9 Å². The van der Waals surface area contributed by atoms with E-state index in [0.717, 1.165) is 6.42 Å². The molecule has 0 unspecified atom stereocenters. The van der Waals surface area contributed by atoms with Gasteiger partial charge in [0.2, 0.25) is 0 Å². The van der Waals surface area contributed by atoms with Gasteiger partial charge >= 0.3 is 0 Å². The van der Waals surface area contributed by atoms with E-state index in [2.05, 4.69) is 32.7 Å². The zero-order valence-electron chi connectivity index (χ0n) is 13.7. The predicted octanol–water partition coefficient (Wildman–Crippen LogP) is 4.55. The lowest BCUT2D eigenvalue weighted by Crippen LogP contribution is -2.35. The molecule has 0 atom stereocenters. The van der Waals surface area contributed by atoms with E-state index in [0.29, 0.717) is 29.0 Å². The molecule has 1 aromatic carbocycles. The molecule has 0 spiro atoms. The molecule has 26 heavy (non-hydrogen) atoms. The summed E-state index contributed by atoms with van der Waals surface area (Å²) in [6.07, 6.45) is 0.891. The monoisotopic (exact) mass is 430 g/mol. The zero-order chi connectivity index (χ0) is 18.1. The van der Waals surface area contributed by atoms with E-state index in [4.69, 9.17) is 4.42 Å². The van der Waals surface area contributed by atoms with E-state index in [1.807, 2.05) is 4.90 Å². The smallest absolute Gasteiger partial charge is 0.291 e. The molecule has 1 N–H and O–H groups in total. The fourth-order valence-corrected chi connectivity index (χ4v) is 4.16. The van der Waals surface area contributed by atoms with Crippen LogP contribution in [0.2, 0.25) is 0 Å². The number of hydrogen-bond donors (Lipinski definition) is 1. The Labute approximate surface area is 162 Å². The van der Waals surface area contributed by atoms with Crippen molar-refractivity contribution in [1.29, 1.82) is 0 Å². The number of thiophene rings is 1. The molecule has 132 valence electrons. The van der Waals surface area contributed by atoms with Crippen molar-refractivity contribution in [2.45, 2.75) is 13.0 Å². The van der Waals surface area contributed by atoms with Crippen molar-refractivity contribution in [1.82, 2.24) is 4.90 Å². The minimum absolute atomic E-state index is 0.0290. The second-order valence-corrected chi connectivity index (χ2v) is 7.77. The average Bonchev–Trinajstić information content (AvgIpc) is 3.29. The Morgan fingerprint density at radius 1 is 1.19 bits per heavy atom. The van der Waals surface area contributed by atoms with Crippen LogP contribution >= 0.6 is 27.3 Å². The minimum atomic E-state index is -0.360. The summed E-state index contributed by atoms with van der Waals surface area (Å²) in [4.78, 5) is 28.2. The molecule has 2 aromatic heterocycles. The van der Waals surface area contributed by atoms with E-state index in [-0.39, 0.29) is 17.6 Å². The van der Waals surface area contributed by atoms with Gasteiger partial charge in [-0.2, -0.15) is 0 Å². The molecule has 2 amide bonds. The number of anilines is 1. The SMILES string of the molecule is O=C(Nc1cccc(C(=O)N2CCc3sccc3C2)c1)c1ccc(Br)o1. The molecule has 1 aliphatic rings.